The number of carbonyl (C=O) groups is 1. The Bertz CT molecular complexity index is 796. The third kappa shape index (κ3) is 5.19. The highest BCUT2D eigenvalue weighted by Crippen LogP contribution is 2.27. The maximum absolute atomic E-state index is 12.3. The standard InChI is InChI=1S/C20H28N4O3S/c1-14-8-4-5-9-15(14)21-19(25)13-28-20-23-22-18(24(20)2)12-27-17-11-7-6-10-16(17)26-3/h6-7,10-11,14-15H,4-5,8-9,12-13H2,1-3H3,(H,21,25)/t14-,15-/m1/s1. The quantitative estimate of drug-likeness (QED) is 0.681. The lowest BCUT2D eigenvalue weighted by atomic mass is 9.86. The minimum absolute atomic E-state index is 0.0542. The van der Waals surface area contributed by atoms with Gasteiger partial charge in [-0.15, -0.1) is 10.2 Å². The second kappa shape index (κ2) is 9.82. The normalized spacial score (nSPS) is 19.2. The molecule has 0 radical (unpaired) electrons. The van der Waals surface area contributed by atoms with Crippen LogP contribution in [0, 0.1) is 5.92 Å². The number of nitrogens with one attached hydrogen (secondary N) is 1. The lowest BCUT2D eigenvalue weighted by Gasteiger charge is -2.29. The highest BCUT2D eigenvalue weighted by Gasteiger charge is 2.23. The van der Waals surface area contributed by atoms with Gasteiger partial charge in [0.05, 0.1) is 12.9 Å². The minimum atomic E-state index is 0.0542. The van der Waals surface area contributed by atoms with Gasteiger partial charge in [0.1, 0.15) is 6.61 Å². The molecule has 0 unspecified atom stereocenters. The number of aromatic nitrogens is 3. The molecule has 2 atom stereocenters. The largest absolute Gasteiger partial charge is 0.493 e. The molecule has 1 saturated carbocycles. The van der Waals surface area contributed by atoms with Crippen molar-refractivity contribution in [3.63, 3.8) is 0 Å². The summed E-state index contributed by atoms with van der Waals surface area (Å²) in [6.07, 6.45) is 4.73. The molecule has 1 aliphatic rings. The Balaban J connectivity index is 1.51. The van der Waals surface area contributed by atoms with E-state index in [0.29, 0.717) is 40.2 Å². The van der Waals surface area contributed by atoms with E-state index < -0.39 is 0 Å². The molecule has 1 heterocycles. The molecule has 7 nitrogen and oxygen atoms in total. The molecule has 8 heteroatoms. The van der Waals surface area contributed by atoms with E-state index in [4.69, 9.17) is 9.47 Å². The fourth-order valence-electron chi connectivity index (χ4n) is 3.39. The van der Waals surface area contributed by atoms with Crippen molar-refractivity contribution in [3.8, 4) is 11.5 Å². The number of ether oxygens (including phenoxy) is 2. The third-order valence-electron chi connectivity index (χ3n) is 5.14. The molecule has 0 saturated heterocycles. The molecule has 3 rings (SSSR count). The Hall–Kier alpha value is -2.22. The van der Waals surface area contributed by atoms with Gasteiger partial charge in [0.15, 0.2) is 22.5 Å². The lowest BCUT2D eigenvalue weighted by molar-refractivity contribution is -0.119. The Morgan fingerprint density at radius 2 is 2.00 bits per heavy atom. The molecule has 0 bridgehead atoms. The third-order valence-corrected chi connectivity index (χ3v) is 6.16. The van der Waals surface area contributed by atoms with Gasteiger partial charge in [0.2, 0.25) is 5.91 Å². The van der Waals surface area contributed by atoms with E-state index >= 15 is 0 Å². The smallest absolute Gasteiger partial charge is 0.230 e. The number of methoxy groups -OCH3 is 1. The first kappa shape index (κ1) is 20.5. The number of benzene rings is 1. The topological polar surface area (TPSA) is 78.3 Å². The van der Waals surface area contributed by atoms with Crippen molar-refractivity contribution in [2.75, 3.05) is 12.9 Å². The van der Waals surface area contributed by atoms with E-state index in [2.05, 4.69) is 22.4 Å². The average Bonchev–Trinajstić information content (AvgIpc) is 3.06. The minimum Gasteiger partial charge on any atom is -0.493 e. The first-order valence-corrected chi connectivity index (χ1v) is 10.6. The zero-order valence-electron chi connectivity index (χ0n) is 16.7. The molecule has 1 N–H and O–H groups in total. The van der Waals surface area contributed by atoms with Crippen molar-refractivity contribution < 1.29 is 14.3 Å². The number of hydrogen-bond donors (Lipinski definition) is 1. The van der Waals surface area contributed by atoms with Crippen molar-refractivity contribution in [2.45, 2.75) is 50.4 Å². The van der Waals surface area contributed by atoms with Gasteiger partial charge in [-0.25, -0.2) is 0 Å². The van der Waals surface area contributed by atoms with Gasteiger partial charge in [0.25, 0.3) is 0 Å². The lowest BCUT2D eigenvalue weighted by Crippen LogP contribution is -2.41. The van der Waals surface area contributed by atoms with Gasteiger partial charge in [-0.2, -0.15) is 0 Å². The monoisotopic (exact) mass is 404 g/mol. The van der Waals surface area contributed by atoms with E-state index in [9.17, 15) is 4.79 Å². The Labute approximate surface area is 170 Å². The van der Waals surface area contributed by atoms with Crippen molar-refractivity contribution in [3.05, 3.63) is 30.1 Å². The van der Waals surface area contributed by atoms with Gasteiger partial charge in [-0.1, -0.05) is 43.7 Å². The molecule has 1 fully saturated rings. The molecular weight excluding hydrogens is 376 g/mol. The van der Waals surface area contributed by atoms with Crippen LogP contribution in [0.25, 0.3) is 0 Å². The first-order valence-electron chi connectivity index (χ1n) is 9.64. The SMILES string of the molecule is COc1ccccc1OCc1nnc(SCC(=O)N[C@@H]2CCCC[C@H]2C)n1C. The van der Waals surface area contributed by atoms with Gasteiger partial charge in [0, 0.05) is 13.1 Å². The molecule has 28 heavy (non-hydrogen) atoms. The maximum atomic E-state index is 12.3. The summed E-state index contributed by atoms with van der Waals surface area (Å²) in [7, 11) is 3.49. The predicted octanol–water partition coefficient (Wildman–Crippen LogP) is 3.19. The predicted molar refractivity (Wildman–Crippen MR) is 109 cm³/mol. The van der Waals surface area contributed by atoms with Crippen molar-refractivity contribution in [1.82, 2.24) is 20.1 Å². The fraction of sp³-hybridized carbons (Fsp3) is 0.550. The van der Waals surface area contributed by atoms with Crippen LogP contribution in [0.1, 0.15) is 38.4 Å². The molecule has 152 valence electrons. The fourth-order valence-corrected chi connectivity index (χ4v) is 4.13. The number of thioether (sulfide) groups is 1. The van der Waals surface area contributed by atoms with Crippen LogP contribution in [0.15, 0.2) is 29.4 Å². The molecule has 2 aromatic rings. The summed E-state index contributed by atoms with van der Waals surface area (Å²) in [5.41, 5.74) is 0. The average molecular weight is 405 g/mol. The summed E-state index contributed by atoms with van der Waals surface area (Å²) in [5, 5.41) is 12.2. The molecule has 1 amide bonds. The summed E-state index contributed by atoms with van der Waals surface area (Å²) in [6.45, 7) is 2.49. The highest BCUT2D eigenvalue weighted by atomic mass is 32.2. The van der Waals surface area contributed by atoms with Crippen LogP contribution in [0.4, 0.5) is 0 Å². The van der Waals surface area contributed by atoms with E-state index in [1.165, 1.54) is 31.0 Å². The number of hydrogen-bond acceptors (Lipinski definition) is 6. The second-order valence-corrected chi connectivity index (χ2v) is 8.06. The summed E-state index contributed by atoms with van der Waals surface area (Å²) < 4.78 is 13.0. The maximum Gasteiger partial charge on any atom is 0.230 e. The van der Waals surface area contributed by atoms with Crippen molar-refractivity contribution in [1.29, 1.82) is 0 Å². The highest BCUT2D eigenvalue weighted by molar-refractivity contribution is 7.99. The Morgan fingerprint density at radius 3 is 2.75 bits per heavy atom. The van der Waals surface area contributed by atoms with Gasteiger partial charge >= 0.3 is 0 Å². The summed E-state index contributed by atoms with van der Waals surface area (Å²) in [5.74, 6) is 2.96. The van der Waals surface area contributed by atoms with Gasteiger partial charge in [-0.3, -0.25) is 4.79 Å². The van der Waals surface area contributed by atoms with Gasteiger partial charge in [-0.05, 0) is 30.9 Å². The van der Waals surface area contributed by atoms with Crippen LogP contribution < -0.4 is 14.8 Å². The molecule has 0 spiro atoms. The zero-order valence-corrected chi connectivity index (χ0v) is 17.5. The number of rotatable bonds is 8. The molecule has 0 aliphatic heterocycles. The molecule has 1 aromatic carbocycles. The zero-order chi connectivity index (χ0) is 19.9. The van der Waals surface area contributed by atoms with Crippen LogP contribution >= 0.6 is 11.8 Å². The summed E-state index contributed by atoms with van der Waals surface area (Å²) >= 11 is 1.39. The first-order chi connectivity index (χ1) is 13.6. The van der Waals surface area contributed by atoms with E-state index in [1.807, 2.05) is 35.9 Å². The number of para-hydroxylation sites is 2. The Morgan fingerprint density at radius 1 is 1.25 bits per heavy atom. The van der Waals surface area contributed by atoms with Gasteiger partial charge < -0.3 is 19.4 Å². The number of amides is 1. The van der Waals surface area contributed by atoms with Crippen LogP contribution in [-0.4, -0.2) is 39.6 Å². The molecule has 1 aliphatic carbocycles. The number of carbonyl (C=O) groups excluding carboxylic acids is 1. The van der Waals surface area contributed by atoms with Crippen LogP contribution in [0.2, 0.25) is 0 Å². The summed E-state index contributed by atoms with van der Waals surface area (Å²) in [4.78, 5) is 12.3. The molecular formula is C20H28N4O3S. The van der Waals surface area contributed by atoms with E-state index in [1.54, 1.807) is 7.11 Å². The Kier molecular flexibility index (Phi) is 7.19. The van der Waals surface area contributed by atoms with Crippen molar-refractivity contribution >= 4 is 17.7 Å². The van der Waals surface area contributed by atoms with Crippen LogP contribution in [0.5, 0.6) is 11.5 Å². The van der Waals surface area contributed by atoms with Crippen LogP contribution in [-0.2, 0) is 18.4 Å². The van der Waals surface area contributed by atoms with E-state index in [0.717, 1.165) is 6.42 Å². The van der Waals surface area contributed by atoms with E-state index in [-0.39, 0.29) is 12.5 Å². The van der Waals surface area contributed by atoms with Crippen molar-refractivity contribution in [2.24, 2.45) is 13.0 Å². The van der Waals surface area contributed by atoms with Crippen LogP contribution in [0.3, 0.4) is 0 Å². The molecule has 1 aromatic heterocycles. The number of nitrogens with zero attached hydrogens (tertiary/aromatic N) is 3. The summed E-state index contributed by atoms with van der Waals surface area (Å²) in [6, 6.07) is 7.77. The second-order valence-electron chi connectivity index (χ2n) is 7.12.